The summed E-state index contributed by atoms with van der Waals surface area (Å²) in [6.07, 6.45) is 3.96. The molecule has 4 rings (SSSR count). The number of carbonyl (C=O) groups is 2. The van der Waals surface area contributed by atoms with Crippen LogP contribution in [-0.4, -0.2) is 29.8 Å². The smallest absolute Gasteiger partial charge is 0.225 e. The first-order valence-corrected chi connectivity index (χ1v) is 9.80. The van der Waals surface area contributed by atoms with Crippen LogP contribution in [0.15, 0.2) is 54.6 Å². The maximum Gasteiger partial charge on any atom is 0.225 e. The zero-order chi connectivity index (χ0) is 18.9. The fraction of sp³-hybridized carbons (Fsp3) is 0.391. The van der Waals surface area contributed by atoms with Gasteiger partial charge in [0, 0.05) is 19.0 Å². The first kappa shape index (κ1) is 17.8. The average Bonchev–Trinajstić information content (AvgIpc) is 3.54. The number of piperidine rings is 1. The van der Waals surface area contributed by atoms with Gasteiger partial charge in [0.05, 0.1) is 5.41 Å². The highest BCUT2D eigenvalue weighted by Crippen LogP contribution is 2.38. The Morgan fingerprint density at radius 3 is 2.26 bits per heavy atom. The summed E-state index contributed by atoms with van der Waals surface area (Å²) in [6, 6.07) is 18.6. The number of likely N-dealkylation sites (tertiary alicyclic amines) is 1. The van der Waals surface area contributed by atoms with E-state index in [1.165, 1.54) is 0 Å². The van der Waals surface area contributed by atoms with E-state index >= 15 is 0 Å². The Labute approximate surface area is 160 Å². The lowest BCUT2D eigenvalue weighted by molar-refractivity contribution is -0.139. The third-order valence-corrected chi connectivity index (χ3v) is 6.06. The van der Waals surface area contributed by atoms with Crippen molar-refractivity contribution in [3.8, 4) is 11.1 Å². The molecule has 1 heterocycles. The zero-order valence-corrected chi connectivity index (χ0v) is 15.6. The number of carbonyl (C=O) groups excluding carboxylic acids is 2. The molecule has 0 unspecified atom stereocenters. The van der Waals surface area contributed by atoms with Crippen LogP contribution in [0, 0.1) is 11.3 Å². The molecule has 140 valence electrons. The Hall–Kier alpha value is -2.62. The number of rotatable bonds is 5. The second-order valence-corrected chi connectivity index (χ2v) is 7.99. The highest BCUT2D eigenvalue weighted by atomic mass is 16.2. The number of amides is 2. The van der Waals surface area contributed by atoms with Gasteiger partial charge in [-0.2, -0.15) is 0 Å². The van der Waals surface area contributed by atoms with Gasteiger partial charge in [0.15, 0.2) is 0 Å². The van der Waals surface area contributed by atoms with Crippen molar-refractivity contribution in [2.24, 2.45) is 17.1 Å². The molecule has 2 aromatic rings. The summed E-state index contributed by atoms with van der Waals surface area (Å²) in [5.41, 5.74) is 8.72. The SMILES string of the molecule is NC(=O)C1(Cc2cccc(-c3ccccc3)c2)CCN(C(=O)C2CC2)CC1. The normalized spacial score (nSPS) is 18.9. The molecule has 2 fully saturated rings. The van der Waals surface area contributed by atoms with Crippen LogP contribution in [0.5, 0.6) is 0 Å². The number of hydrogen-bond acceptors (Lipinski definition) is 2. The summed E-state index contributed by atoms with van der Waals surface area (Å²) in [7, 11) is 0. The van der Waals surface area contributed by atoms with Gasteiger partial charge in [-0.1, -0.05) is 54.6 Å². The van der Waals surface area contributed by atoms with Crippen LogP contribution in [0.25, 0.3) is 11.1 Å². The van der Waals surface area contributed by atoms with Gasteiger partial charge in [0.1, 0.15) is 0 Å². The van der Waals surface area contributed by atoms with Crippen LogP contribution in [0.4, 0.5) is 0 Å². The third kappa shape index (κ3) is 3.75. The van der Waals surface area contributed by atoms with Crippen molar-refractivity contribution in [1.29, 1.82) is 0 Å². The van der Waals surface area contributed by atoms with Gasteiger partial charge in [-0.15, -0.1) is 0 Å². The summed E-state index contributed by atoms with van der Waals surface area (Å²) in [5.74, 6) is 0.249. The molecule has 0 aromatic heterocycles. The van der Waals surface area contributed by atoms with Crippen molar-refractivity contribution in [1.82, 2.24) is 4.90 Å². The third-order valence-electron chi connectivity index (χ3n) is 6.06. The molecule has 2 N–H and O–H groups in total. The second kappa shape index (κ2) is 7.18. The minimum absolute atomic E-state index is 0.230. The molecule has 2 aliphatic rings. The highest BCUT2D eigenvalue weighted by Gasteiger charge is 2.43. The molecule has 1 saturated carbocycles. The van der Waals surface area contributed by atoms with Gasteiger partial charge in [0.25, 0.3) is 0 Å². The minimum Gasteiger partial charge on any atom is -0.369 e. The topological polar surface area (TPSA) is 63.4 Å². The van der Waals surface area contributed by atoms with Crippen LogP contribution in [0.2, 0.25) is 0 Å². The van der Waals surface area contributed by atoms with Gasteiger partial charge in [-0.25, -0.2) is 0 Å². The Bertz CT molecular complexity index is 834. The van der Waals surface area contributed by atoms with E-state index in [2.05, 4.69) is 30.3 Å². The van der Waals surface area contributed by atoms with Crippen molar-refractivity contribution in [3.05, 3.63) is 60.2 Å². The van der Waals surface area contributed by atoms with Crippen LogP contribution >= 0.6 is 0 Å². The lowest BCUT2D eigenvalue weighted by atomic mass is 9.73. The lowest BCUT2D eigenvalue weighted by Gasteiger charge is -2.40. The van der Waals surface area contributed by atoms with E-state index in [9.17, 15) is 9.59 Å². The largest absolute Gasteiger partial charge is 0.369 e. The molecule has 4 heteroatoms. The van der Waals surface area contributed by atoms with Gasteiger partial charge in [-0.05, 0) is 48.8 Å². The summed E-state index contributed by atoms with van der Waals surface area (Å²) in [4.78, 5) is 26.6. The molecule has 0 radical (unpaired) electrons. The average molecular weight is 362 g/mol. The minimum atomic E-state index is -0.560. The maximum absolute atomic E-state index is 12.4. The van der Waals surface area contributed by atoms with Crippen molar-refractivity contribution in [2.45, 2.75) is 32.1 Å². The quantitative estimate of drug-likeness (QED) is 0.886. The number of hydrogen-bond donors (Lipinski definition) is 1. The summed E-state index contributed by atoms with van der Waals surface area (Å²) >= 11 is 0. The molecule has 2 amide bonds. The number of nitrogens with zero attached hydrogens (tertiary/aromatic N) is 1. The Morgan fingerprint density at radius 2 is 1.63 bits per heavy atom. The van der Waals surface area contributed by atoms with E-state index in [1.807, 2.05) is 29.2 Å². The fourth-order valence-electron chi connectivity index (χ4n) is 4.14. The van der Waals surface area contributed by atoms with E-state index in [0.29, 0.717) is 32.4 Å². The predicted octanol–water partition coefficient (Wildman–Crippen LogP) is 3.40. The van der Waals surface area contributed by atoms with Crippen LogP contribution < -0.4 is 5.73 Å². The van der Waals surface area contributed by atoms with Crippen molar-refractivity contribution in [3.63, 3.8) is 0 Å². The van der Waals surface area contributed by atoms with Gasteiger partial charge >= 0.3 is 0 Å². The van der Waals surface area contributed by atoms with Gasteiger partial charge < -0.3 is 10.6 Å². The van der Waals surface area contributed by atoms with E-state index in [4.69, 9.17) is 5.73 Å². The summed E-state index contributed by atoms with van der Waals surface area (Å²) < 4.78 is 0. The Balaban J connectivity index is 1.51. The first-order chi connectivity index (χ1) is 13.1. The fourth-order valence-corrected chi connectivity index (χ4v) is 4.14. The second-order valence-electron chi connectivity index (χ2n) is 7.99. The Morgan fingerprint density at radius 1 is 0.963 bits per heavy atom. The Kier molecular flexibility index (Phi) is 4.73. The van der Waals surface area contributed by atoms with Crippen molar-refractivity contribution < 1.29 is 9.59 Å². The molecular weight excluding hydrogens is 336 g/mol. The molecule has 2 aromatic carbocycles. The van der Waals surface area contributed by atoms with Crippen LogP contribution in [0.3, 0.4) is 0 Å². The maximum atomic E-state index is 12.4. The molecule has 27 heavy (non-hydrogen) atoms. The molecule has 1 aliphatic carbocycles. The first-order valence-electron chi connectivity index (χ1n) is 9.80. The molecule has 0 spiro atoms. The molecule has 0 bridgehead atoms. The molecule has 1 saturated heterocycles. The van der Waals surface area contributed by atoms with Crippen LogP contribution in [0.1, 0.15) is 31.2 Å². The van der Waals surface area contributed by atoms with Gasteiger partial charge in [-0.3, -0.25) is 9.59 Å². The van der Waals surface area contributed by atoms with E-state index < -0.39 is 5.41 Å². The number of benzene rings is 2. The zero-order valence-electron chi connectivity index (χ0n) is 15.6. The van der Waals surface area contributed by atoms with Gasteiger partial charge in [0.2, 0.25) is 11.8 Å². The number of nitrogens with two attached hydrogens (primary N) is 1. The highest BCUT2D eigenvalue weighted by molar-refractivity contribution is 5.83. The molecular formula is C23H26N2O2. The predicted molar refractivity (Wildman–Crippen MR) is 106 cm³/mol. The molecule has 4 nitrogen and oxygen atoms in total. The molecule has 1 aliphatic heterocycles. The summed E-state index contributed by atoms with van der Waals surface area (Å²) in [6.45, 7) is 1.27. The summed E-state index contributed by atoms with van der Waals surface area (Å²) in [5, 5.41) is 0. The van der Waals surface area contributed by atoms with Crippen LogP contribution in [-0.2, 0) is 16.0 Å². The number of primary amides is 1. The monoisotopic (exact) mass is 362 g/mol. The van der Waals surface area contributed by atoms with E-state index in [0.717, 1.165) is 29.5 Å². The standard InChI is InChI=1S/C23H26N2O2/c24-22(27)23(11-13-25(14-12-23)21(26)19-9-10-19)16-17-5-4-8-20(15-17)18-6-2-1-3-7-18/h1-8,15,19H,9-14,16H2,(H2,24,27). The van der Waals surface area contributed by atoms with Crippen molar-refractivity contribution in [2.75, 3.05) is 13.1 Å². The van der Waals surface area contributed by atoms with Crippen molar-refractivity contribution >= 4 is 11.8 Å². The van der Waals surface area contributed by atoms with E-state index in [-0.39, 0.29) is 17.7 Å². The van der Waals surface area contributed by atoms with E-state index in [1.54, 1.807) is 0 Å². The lowest BCUT2D eigenvalue weighted by Crippen LogP contribution is -2.50. The molecule has 0 atom stereocenters.